The van der Waals surface area contributed by atoms with Crippen LogP contribution < -0.4 is 0 Å². The lowest BCUT2D eigenvalue weighted by Gasteiger charge is -2.23. The third kappa shape index (κ3) is 8.14. The first kappa shape index (κ1) is 30.8. The second-order valence-electron chi connectivity index (χ2n) is 8.73. The molecule has 3 rings (SSSR count). The van der Waals surface area contributed by atoms with E-state index in [1.807, 2.05) is 0 Å². The molecule has 0 N–H and O–H groups in total. The smallest absolute Gasteiger partial charge is 0.416 e. The molecular formula is C28H24ClF6NO4. The number of esters is 1. The first-order valence-electron chi connectivity index (χ1n) is 11.9. The second kappa shape index (κ2) is 12.6. The Labute approximate surface area is 231 Å². The van der Waals surface area contributed by atoms with Gasteiger partial charge in [-0.15, -0.1) is 0 Å². The van der Waals surface area contributed by atoms with Crippen molar-refractivity contribution in [2.24, 2.45) is 0 Å². The Morgan fingerprint density at radius 3 is 2.08 bits per heavy atom. The van der Waals surface area contributed by atoms with Gasteiger partial charge in [0.15, 0.2) is 0 Å². The molecule has 0 fully saturated rings. The van der Waals surface area contributed by atoms with Crippen LogP contribution in [0, 0.1) is 0 Å². The highest BCUT2D eigenvalue weighted by molar-refractivity contribution is 6.30. The van der Waals surface area contributed by atoms with Crippen LogP contribution in [0.5, 0.6) is 0 Å². The number of benzene rings is 3. The van der Waals surface area contributed by atoms with Crippen LogP contribution in [-0.4, -0.2) is 30.6 Å². The number of amides is 1. The van der Waals surface area contributed by atoms with Crippen molar-refractivity contribution < 1.29 is 45.4 Å². The molecule has 0 heterocycles. The van der Waals surface area contributed by atoms with E-state index >= 15 is 0 Å². The molecule has 0 aliphatic rings. The number of hydrogen-bond donors (Lipinski definition) is 0. The number of rotatable bonds is 8. The summed E-state index contributed by atoms with van der Waals surface area (Å²) >= 11 is 5.84. The number of alkyl halides is 6. The number of nitrogens with zero attached hydrogens (tertiary/aromatic N) is 1. The Morgan fingerprint density at radius 2 is 1.50 bits per heavy atom. The van der Waals surface area contributed by atoms with E-state index in [-0.39, 0.29) is 35.4 Å². The van der Waals surface area contributed by atoms with Crippen molar-refractivity contribution in [2.75, 3.05) is 13.7 Å². The predicted molar refractivity (Wildman–Crippen MR) is 135 cm³/mol. The molecule has 0 aromatic heterocycles. The van der Waals surface area contributed by atoms with Crippen LogP contribution in [0.1, 0.15) is 34.7 Å². The lowest BCUT2D eigenvalue weighted by molar-refractivity contribution is -0.140. The molecule has 12 heteroatoms. The number of carbonyl (C=O) groups excluding carboxylic acids is 2. The van der Waals surface area contributed by atoms with Crippen molar-refractivity contribution in [1.82, 2.24) is 4.90 Å². The monoisotopic (exact) mass is 587 g/mol. The van der Waals surface area contributed by atoms with Crippen molar-refractivity contribution in [3.63, 3.8) is 0 Å². The van der Waals surface area contributed by atoms with E-state index in [0.29, 0.717) is 10.6 Å². The highest BCUT2D eigenvalue weighted by Gasteiger charge is 2.33. The Morgan fingerprint density at radius 1 is 0.850 bits per heavy atom. The number of methoxy groups -OCH3 is 1. The van der Waals surface area contributed by atoms with E-state index < -0.39 is 48.5 Å². The van der Waals surface area contributed by atoms with E-state index in [4.69, 9.17) is 16.3 Å². The fourth-order valence-electron chi connectivity index (χ4n) is 3.86. The molecule has 0 aliphatic carbocycles. The summed E-state index contributed by atoms with van der Waals surface area (Å²) in [5.41, 5.74) is -1.68. The number of hydrogen-bond acceptors (Lipinski definition) is 4. The molecule has 0 saturated carbocycles. The number of ether oxygens (including phenoxy) is 2. The van der Waals surface area contributed by atoms with Gasteiger partial charge in [-0.1, -0.05) is 35.9 Å². The molecular weight excluding hydrogens is 564 g/mol. The van der Waals surface area contributed by atoms with Crippen LogP contribution in [0.15, 0.2) is 60.7 Å². The van der Waals surface area contributed by atoms with Gasteiger partial charge in [-0.25, -0.2) is 4.79 Å². The zero-order valence-electron chi connectivity index (χ0n) is 21.3. The Hall–Kier alpha value is -3.73. The molecule has 5 nitrogen and oxygen atoms in total. The summed E-state index contributed by atoms with van der Waals surface area (Å²) in [5.74, 6) is -0.793. The molecule has 40 heavy (non-hydrogen) atoms. The number of carbonyl (C=O) groups is 2. The lowest BCUT2D eigenvalue weighted by atomic mass is 9.93. The van der Waals surface area contributed by atoms with Crippen LogP contribution in [0.25, 0.3) is 11.1 Å². The van der Waals surface area contributed by atoms with Gasteiger partial charge in [0.1, 0.15) is 6.61 Å². The molecule has 0 atom stereocenters. The van der Waals surface area contributed by atoms with Crippen LogP contribution in [0.4, 0.5) is 31.1 Å². The Balaban J connectivity index is 2.02. The Kier molecular flexibility index (Phi) is 9.73. The molecule has 214 valence electrons. The van der Waals surface area contributed by atoms with Gasteiger partial charge in [0.2, 0.25) is 0 Å². The van der Waals surface area contributed by atoms with Crippen LogP contribution in [0.2, 0.25) is 5.02 Å². The fourth-order valence-corrected chi connectivity index (χ4v) is 3.99. The summed E-state index contributed by atoms with van der Waals surface area (Å²) in [6, 6.07) is 11.9. The zero-order chi connectivity index (χ0) is 29.7. The highest BCUT2D eigenvalue weighted by Crippen LogP contribution is 2.37. The normalized spacial score (nSPS) is 11.7. The first-order chi connectivity index (χ1) is 18.7. The summed E-state index contributed by atoms with van der Waals surface area (Å²) in [6.07, 6.45) is -10.9. The van der Waals surface area contributed by atoms with Crippen molar-refractivity contribution in [2.45, 2.75) is 38.8 Å². The predicted octanol–water partition coefficient (Wildman–Crippen LogP) is 7.92. The average Bonchev–Trinajstić information content (AvgIpc) is 2.89. The minimum atomic E-state index is -4.80. The summed E-state index contributed by atoms with van der Waals surface area (Å²) in [4.78, 5) is 25.7. The molecule has 1 amide bonds. The third-order valence-corrected chi connectivity index (χ3v) is 6.17. The molecule has 0 saturated heterocycles. The van der Waals surface area contributed by atoms with Crippen LogP contribution in [-0.2, 0) is 46.2 Å². The second-order valence-corrected chi connectivity index (χ2v) is 9.17. The van der Waals surface area contributed by atoms with E-state index in [1.54, 1.807) is 31.2 Å². The maximum absolute atomic E-state index is 13.7. The molecule has 0 aliphatic heterocycles. The highest BCUT2D eigenvalue weighted by atomic mass is 35.5. The number of halogens is 7. The van der Waals surface area contributed by atoms with Crippen molar-refractivity contribution in [3.05, 3.63) is 93.5 Å². The quantitative estimate of drug-likeness (QED) is 0.198. The molecule has 0 radical (unpaired) electrons. The summed E-state index contributed by atoms with van der Waals surface area (Å²) < 4.78 is 91.6. The standard InChI is InChI=1S/C28H24ClF6NO4/c1-3-36(26(38)40-16-17-4-7-23(29)8-5-17)15-20-14-21(27(30,31)32)6-9-24(20)19-10-18(12-25(37)39-2)11-22(13-19)28(33,34)35/h4-11,13-14H,3,12,15-16H2,1-2H3. The molecule has 3 aromatic carbocycles. The van der Waals surface area contributed by atoms with Gasteiger partial charge in [-0.3, -0.25) is 4.79 Å². The van der Waals surface area contributed by atoms with Crippen molar-refractivity contribution in [3.8, 4) is 11.1 Å². The molecule has 0 spiro atoms. The van der Waals surface area contributed by atoms with Crippen LogP contribution >= 0.6 is 11.6 Å². The lowest BCUT2D eigenvalue weighted by Crippen LogP contribution is -2.31. The minimum Gasteiger partial charge on any atom is -0.469 e. The van der Waals surface area contributed by atoms with E-state index in [2.05, 4.69) is 4.74 Å². The molecule has 0 bridgehead atoms. The van der Waals surface area contributed by atoms with Gasteiger partial charge in [-0.05, 0) is 71.1 Å². The maximum Gasteiger partial charge on any atom is 0.416 e. The summed E-state index contributed by atoms with van der Waals surface area (Å²) in [6.45, 7) is 1.09. The van der Waals surface area contributed by atoms with Gasteiger partial charge in [0.25, 0.3) is 0 Å². The van der Waals surface area contributed by atoms with Crippen molar-refractivity contribution >= 4 is 23.7 Å². The summed E-state index contributed by atoms with van der Waals surface area (Å²) in [7, 11) is 1.08. The molecule has 3 aromatic rings. The van der Waals surface area contributed by atoms with Gasteiger partial charge >= 0.3 is 24.4 Å². The van der Waals surface area contributed by atoms with E-state index in [9.17, 15) is 35.9 Å². The van der Waals surface area contributed by atoms with Gasteiger partial charge in [0, 0.05) is 18.1 Å². The topological polar surface area (TPSA) is 55.8 Å². The first-order valence-corrected chi connectivity index (χ1v) is 12.2. The molecule has 0 unspecified atom stereocenters. The van der Waals surface area contributed by atoms with Crippen molar-refractivity contribution in [1.29, 1.82) is 0 Å². The zero-order valence-corrected chi connectivity index (χ0v) is 22.1. The summed E-state index contributed by atoms with van der Waals surface area (Å²) in [5, 5.41) is 0.478. The maximum atomic E-state index is 13.7. The van der Waals surface area contributed by atoms with Gasteiger partial charge < -0.3 is 14.4 Å². The van der Waals surface area contributed by atoms with Gasteiger partial charge in [-0.2, -0.15) is 26.3 Å². The van der Waals surface area contributed by atoms with E-state index in [1.165, 1.54) is 6.07 Å². The Bertz CT molecular complexity index is 1360. The SMILES string of the molecule is CCN(Cc1cc(C(F)(F)F)ccc1-c1cc(CC(=O)OC)cc(C(F)(F)F)c1)C(=O)OCc1ccc(Cl)cc1. The van der Waals surface area contributed by atoms with Crippen LogP contribution in [0.3, 0.4) is 0 Å². The van der Waals surface area contributed by atoms with E-state index in [0.717, 1.165) is 42.3 Å². The van der Waals surface area contributed by atoms with Gasteiger partial charge in [0.05, 0.1) is 24.7 Å². The minimum absolute atomic E-state index is 0.0224. The average molecular weight is 588 g/mol. The third-order valence-electron chi connectivity index (χ3n) is 5.92. The largest absolute Gasteiger partial charge is 0.469 e. The fraction of sp³-hybridized carbons (Fsp3) is 0.286.